The smallest absolute Gasteiger partial charge is 0.223 e. The van der Waals surface area contributed by atoms with Gasteiger partial charge in [-0.1, -0.05) is 6.07 Å². The first-order valence-corrected chi connectivity index (χ1v) is 8.21. The van der Waals surface area contributed by atoms with Crippen molar-refractivity contribution in [3.8, 4) is 0 Å². The molecule has 2 aliphatic heterocycles. The molecular weight excluding hydrogens is 272 g/mol. The van der Waals surface area contributed by atoms with Crippen molar-refractivity contribution in [3.05, 3.63) is 22.4 Å². The van der Waals surface area contributed by atoms with E-state index in [1.807, 2.05) is 22.4 Å². The Morgan fingerprint density at radius 3 is 2.90 bits per heavy atom. The number of ketones is 1. The number of carbonyl (C=O) groups is 2. The summed E-state index contributed by atoms with van der Waals surface area (Å²) in [5, 5.41) is 5.46. The second kappa shape index (κ2) is 6.06. The first-order valence-electron chi connectivity index (χ1n) is 7.33. The topological polar surface area (TPSA) is 49.4 Å². The van der Waals surface area contributed by atoms with Crippen molar-refractivity contribution in [1.29, 1.82) is 0 Å². The summed E-state index contributed by atoms with van der Waals surface area (Å²) < 4.78 is 0. The molecule has 0 saturated carbocycles. The van der Waals surface area contributed by atoms with Gasteiger partial charge in [-0.05, 0) is 30.7 Å². The lowest BCUT2D eigenvalue weighted by Crippen LogP contribution is -2.39. The standard InChI is InChI=1S/C15H20N2O2S/c18-13(14-2-1-9-20-14)5-6-15(19)17-8-7-11-3-4-12(10-17)16-11/h1-2,9,11-12,16H,3-8,10H2. The maximum Gasteiger partial charge on any atom is 0.223 e. The second-order valence-electron chi connectivity index (χ2n) is 5.67. The Morgan fingerprint density at radius 1 is 1.25 bits per heavy atom. The summed E-state index contributed by atoms with van der Waals surface area (Å²) in [5.74, 6) is 0.215. The fourth-order valence-electron chi connectivity index (χ4n) is 3.11. The molecule has 108 valence electrons. The zero-order valence-corrected chi connectivity index (χ0v) is 12.3. The number of likely N-dealkylation sites (tertiary alicyclic amines) is 1. The van der Waals surface area contributed by atoms with Gasteiger partial charge >= 0.3 is 0 Å². The van der Waals surface area contributed by atoms with Gasteiger partial charge in [0.2, 0.25) is 5.91 Å². The van der Waals surface area contributed by atoms with E-state index in [0.29, 0.717) is 24.9 Å². The largest absolute Gasteiger partial charge is 0.341 e. The monoisotopic (exact) mass is 292 g/mol. The quantitative estimate of drug-likeness (QED) is 0.864. The summed E-state index contributed by atoms with van der Waals surface area (Å²) in [4.78, 5) is 26.9. The summed E-state index contributed by atoms with van der Waals surface area (Å²) in [6.45, 7) is 1.64. The van der Waals surface area contributed by atoms with Gasteiger partial charge in [0.15, 0.2) is 5.78 Å². The van der Waals surface area contributed by atoms with Crippen molar-refractivity contribution >= 4 is 23.0 Å². The average Bonchev–Trinajstić information content (AvgIpc) is 3.05. The lowest BCUT2D eigenvalue weighted by molar-refractivity contribution is -0.131. The van der Waals surface area contributed by atoms with Crippen molar-refractivity contribution in [3.63, 3.8) is 0 Å². The van der Waals surface area contributed by atoms with E-state index in [1.165, 1.54) is 24.2 Å². The Labute approximate surface area is 123 Å². The number of hydrogen-bond acceptors (Lipinski definition) is 4. The van der Waals surface area contributed by atoms with Crippen LogP contribution in [0.15, 0.2) is 17.5 Å². The molecule has 1 N–H and O–H groups in total. The fourth-order valence-corrected chi connectivity index (χ4v) is 3.80. The van der Waals surface area contributed by atoms with E-state index in [-0.39, 0.29) is 11.7 Å². The van der Waals surface area contributed by atoms with Gasteiger partial charge in [-0.15, -0.1) is 11.3 Å². The van der Waals surface area contributed by atoms with Crippen LogP contribution in [0.5, 0.6) is 0 Å². The van der Waals surface area contributed by atoms with Crippen molar-refractivity contribution in [2.75, 3.05) is 13.1 Å². The highest BCUT2D eigenvalue weighted by Gasteiger charge is 2.31. The number of nitrogens with zero attached hydrogens (tertiary/aromatic N) is 1. The second-order valence-corrected chi connectivity index (χ2v) is 6.61. The molecule has 0 aliphatic carbocycles. The van der Waals surface area contributed by atoms with Crippen molar-refractivity contribution in [2.45, 2.75) is 44.2 Å². The molecule has 3 heterocycles. The zero-order chi connectivity index (χ0) is 13.9. The fraction of sp³-hybridized carbons (Fsp3) is 0.600. The highest BCUT2D eigenvalue weighted by molar-refractivity contribution is 7.12. The summed E-state index contributed by atoms with van der Waals surface area (Å²) in [6, 6.07) is 4.74. The molecule has 3 rings (SSSR count). The molecule has 2 aliphatic rings. The van der Waals surface area contributed by atoms with Gasteiger partial charge in [-0.2, -0.15) is 0 Å². The number of hydrogen-bond donors (Lipinski definition) is 1. The van der Waals surface area contributed by atoms with E-state index < -0.39 is 0 Å². The average molecular weight is 292 g/mol. The molecule has 1 amide bonds. The number of amides is 1. The van der Waals surface area contributed by atoms with Gasteiger partial charge in [0.1, 0.15) is 0 Å². The first kappa shape index (κ1) is 13.8. The molecule has 4 nitrogen and oxygen atoms in total. The summed E-state index contributed by atoms with van der Waals surface area (Å²) >= 11 is 1.45. The Bertz CT molecular complexity index is 486. The Kier molecular flexibility index (Phi) is 4.17. The summed E-state index contributed by atoms with van der Waals surface area (Å²) in [6.07, 6.45) is 4.12. The maximum atomic E-state index is 12.3. The minimum Gasteiger partial charge on any atom is -0.341 e. The molecule has 1 aromatic heterocycles. The molecule has 5 heteroatoms. The Hall–Kier alpha value is -1.20. The van der Waals surface area contributed by atoms with E-state index in [2.05, 4.69) is 5.32 Å². The predicted molar refractivity (Wildman–Crippen MR) is 79.0 cm³/mol. The third-order valence-corrected chi connectivity index (χ3v) is 5.15. The van der Waals surface area contributed by atoms with E-state index in [9.17, 15) is 9.59 Å². The van der Waals surface area contributed by atoms with E-state index in [4.69, 9.17) is 0 Å². The Balaban J connectivity index is 1.50. The van der Waals surface area contributed by atoms with Gasteiger partial charge in [-0.3, -0.25) is 9.59 Å². The first-order chi connectivity index (χ1) is 9.72. The molecule has 0 radical (unpaired) electrons. The summed E-state index contributed by atoms with van der Waals surface area (Å²) in [5.41, 5.74) is 0. The minimum absolute atomic E-state index is 0.0859. The number of rotatable bonds is 4. The van der Waals surface area contributed by atoms with Gasteiger partial charge in [-0.25, -0.2) is 0 Å². The van der Waals surface area contributed by atoms with Crippen LogP contribution in [0.4, 0.5) is 0 Å². The number of nitrogens with one attached hydrogen (secondary N) is 1. The van der Waals surface area contributed by atoms with Crippen LogP contribution in [0, 0.1) is 0 Å². The molecule has 2 bridgehead atoms. The maximum absolute atomic E-state index is 12.3. The lowest BCUT2D eigenvalue weighted by atomic mass is 10.1. The molecule has 0 aromatic carbocycles. The van der Waals surface area contributed by atoms with Crippen molar-refractivity contribution in [1.82, 2.24) is 10.2 Å². The van der Waals surface area contributed by atoms with Gasteiger partial charge < -0.3 is 10.2 Å². The molecular formula is C15H20N2O2S. The third kappa shape index (κ3) is 3.10. The van der Waals surface area contributed by atoms with Crippen LogP contribution in [0.3, 0.4) is 0 Å². The van der Waals surface area contributed by atoms with E-state index >= 15 is 0 Å². The number of carbonyl (C=O) groups excluding carboxylic acids is 2. The molecule has 1 aromatic rings. The minimum atomic E-state index is 0.0859. The predicted octanol–water partition coefficient (Wildman–Crippen LogP) is 2.06. The molecule has 2 atom stereocenters. The van der Waals surface area contributed by atoms with Gasteiger partial charge in [0, 0.05) is 38.0 Å². The van der Waals surface area contributed by atoms with Crippen LogP contribution in [0.1, 0.15) is 41.8 Å². The normalized spacial score (nSPS) is 25.5. The molecule has 20 heavy (non-hydrogen) atoms. The number of thiophene rings is 1. The van der Waals surface area contributed by atoms with Gasteiger partial charge in [0.25, 0.3) is 0 Å². The van der Waals surface area contributed by atoms with Crippen LogP contribution < -0.4 is 5.32 Å². The van der Waals surface area contributed by atoms with Crippen LogP contribution in [0.25, 0.3) is 0 Å². The van der Waals surface area contributed by atoms with Crippen LogP contribution >= 0.6 is 11.3 Å². The Morgan fingerprint density at radius 2 is 2.10 bits per heavy atom. The highest BCUT2D eigenvalue weighted by Crippen LogP contribution is 2.21. The van der Waals surface area contributed by atoms with Crippen LogP contribution in [0.2, 0.25) is 0 Å². The zero-order valence-electron chi connectivity index (χ0n) is 11.5. The molecule has 0 spiro atoms. The van der Waals surface area contributed by atoms with E-state index in [0.717, 1.165) is 24.4 Å². The van der Waals surface area contributed by atoms with Gasteiger partial charge in [0.05, 0.1) is 4.88 Å². The van der Waals surface area contributed by atoms with Crippen molar-refractivity contribution in [2.24, 2.45) is 0 Å². The highest BCUT2D eigenvalue weighted by atomic mass is 32.1. The third-order valence-electron chi connectivity index (χ3n) is 4.24. The summed E-state index contributed by atoms with van der Waals surface area (Å²) in [7, 11) is 0. The van der Waals surface area contributed by atoms with Crippen molar-refractivity contribution < 1.29 is 9.59 Å². The van der Waals surface area contributed by atoms with Crippen LogP contribution in [-0.2, 0) is 4.79 Å². The molecule has 2 unspecified atom stereocenters. The van der Waals surface area contributed by atoms with Crippen LogP contribution in [-0.4, -0.2) is 41.8 Å². The lowest BCUT2D eigenvalue weighted by Gasteiger charge is -2.24. The number of Topliss-reactive ketones (excluding diaryl/α,β-unsaturated/α-hetero) is 1. The number of fused-ring (bicyclic) bond motifs is 2. The SMILES string of the molecule is O=C(CCC(=O)N1CCC2CCC(C1)N2)c1cccs1. The molecule has 2 saturated heterocycles. The van der Waals surface area contributed by atoms with E-state index in [1.54, 1.807) is 0 Å². The molecule has 2 fully saturated rings.